The molecule has 0 radical (unpaired) electrons. The molecular weight excluding hydrogens is 324 g/mol. The van der Waals surface area contributed by atoms with Gasteiger partial charge in [0.1, 0.15) is 11.8 Å². The van der Waals surface area contributed by atoms with Crippen LogP contribution in [0.4, 0.5) is 5.69 Å². The van der Waals surface area contributed by atoms with Crippen LogP contribution >= 0.6 is 15.9 Å². The standard InChI is InChI=1S/C14H9BrN2O3/c1-9-2-5-12(17(18)19)14(6-9)20-13-7-11(15)4-3-10(13)8-16/h2-7H,1H3. The maximum atomic E-state index is 11.0. The summed E-state index contributed by atoms with van der Waals surface area (Å²) < 4.78 is 6.28. The van der Waals surface area contributed by atoms with Crippen LogP contribution in [-0.2, 0) is 0 Å². The van der Waals surface area contributed by atoms with Crippen molar-refractivity contribution in [2.75, 3.05) is 0 Å². The predicted octanol–water partition coefficient (Wildman–Crippen LogP) is 4.33. The molecule has 0 spiro atoms. The number of nitriles is 1. The second-order valence-corrected chi connectivity index (χ2v) is 5.00. The fourth-order valence-electron chi connectivity index (χ4n) is 1.65. The average Bonchev–Trinajstić information content (AvgIpc) is 2.38. The summed E-state index contributed by atoms with van der Waals surface area (Å²) in [7, 11) is 0. The molecule has 2 aromatic rings. The van der Waals surface area contributed by atoms with Crippen molar-refractivity contribution >= 4 is 21.6 Å². The number of rotatable bonds is 3. The lowest BCUT2D eigenvalue weighted by Gasteiger charge is -2.09. The SMILES string of the molecule is Cc1ccc([N+](=O)[O-])c(Oc2cc(Br)ccc2C#N)c1. The molecule has 0 N–H and O–H groups in total. The Balaban J connectivity index is 2.50. The third-order valence-corrected chi connectivity index (χ3v) is 3.09. The van der Waals surface area contributed by atoms with Crippen LogP contribution in [0.2, 0.25) is 0 Å². The maximum absolute atomic E-state index is 11.0. The van der Waals surface area contributed by atoms with E-state index in [4.69, 9.17) is 10.00 Å². The highest BCUT2D eigenvalue weighted by Crippen LogP contribution is 2.34. The minimum absolute atomic E-state index is 0.115. The first-order chi connectivity index (χ1) is 9.51. The van der Waals surface area contributed by atoms with E-state index in [0.29, 0.717) is 5.56 Å². The molecule has 0 amide bonds. The van der Waals surface area contributed by atoms with Crippen LogP contribution in [0, 0.1) is 28.4 Å². The van der Waals surface area contributed by atoms with E-state index in [0.717, 1.165) is 10.0 Å². The third kappa shape index (κ3) is 2.95. The number of ether oxygens (including phenoxy) is 1. The van der Waals surface area contributed by atoms with Gasteiger partial charge in [-0.1, -0.05) is 22.0 Å². The van der Waals surface area contributed by atoms with Gasteiger partial charge < -0.3 is 4.74 Å². The van der Waals surface area contributed by atoms with Gasteiger partial charge in [-0.2, -0.15) is 5.26 Å². The Morgan fingerprint density at radius 1 is 1.25 bits per heavy atom. The first-order valence-electron chi connectivity index (χ1n) is 5.64. The molecule has 0 aliphatic heterocycles. The zero-order chi connectivity index (χ0) is 14.7. The van der Waals surface area contributed by atoms with E-state index in [-0.39, 0.29) is 17.2 Å². The van der Waals surface area contributed by atoms with Crippen LogP contribution in [0.15, 0.2) is 40.9 Å². The van der Waals surface area contributed by atoms with Crippen LogP contribution in [-0.4, -0.2) is 4.92 Å². The molecule has 0 aromatic heterocycles. The molecule has 100 valence electrons. The summed E-state index contributed by atoms with van der Waals surface area (Å²) in [5, 5.41) is 20.0. The summed E-state index contributed by atoms with van der Waals surface area (Å²) in [6, 6.07) is 11.5. The quantitative estimate of drug-likeness (QED) is 0.619. The van der Waals surface area contributed by atoms with Gasteiger partial charge >= 0.3 is 5.69 Å². The maximum Gasteiger partial charge on any atom is 0.311 e. The predicted molar refractivity (Wildman–Crippen MR) is 76.8 cm³/mol. The van der Waals surface area contributed by atoms with E-state index in [2.05, 4.69) is 15.9 Å². The van der Waals surface area contributed by atoms with E-state index in [9.17, 15) is 10.1 Å². The van der Waals surface area contributed by atoms with Crippen molar-refractivity contribution in [3.05, 3.63) is 62.1 Å². The van der Waals surface area contributed by atoms with Crippen LogP contribution < -0.4 is 4.74 Å². The van der Waals surface area contributed by atoms with Gasteiger partial charge in [0.2, 0.25) is 5.75 Å². The van der Waals surface area contributed by atoms with Gasteiger partial charge in [0, 0.05) is 10.5 Å². The Labute approximate surface area is 123 Å². The molecule has 0 aliphatic carbocycles. The number of hydrogen-bond acceptors (Lipinski definition) is 4. The first-order valence-corrected chi connectivity index (χ1v) is 6.43. The topological polar surface area (TPSA) is 76.2 Å². The van der Waals surface area contributed by atoms with Crippen LogP contribution in [0.5, 0.6) is 11.5 Å². The molecule has 6 heteroatoms. The Bertz CT molecular complexity index is 723. The highest BCUT2D eigenvalue weighted by Gasteiger charge is 2.17. The van der Waals surface area contributed by atoms with Crippen LogP contribution in [0.25, 0.3) is 0 Å². The molecule has 0 heterocycles. The molecule has 5 nitrogen and oxygen atoms in total. The molecule has 0 atom stereocenters. The van der Waals surface area contributed by atoms with Crippen molar-refractivity contribution in [2.45, 2.75) is 6.92 Å². The smallest absolute Gasteiger partial charge is 0.311 e. The van der Waals surface area contributed by atoms with Gasteiger partial charge in [0.05, 0.1) is 10.5 Å². The molecule has 20 heavy (non-hydrogen) atoms. The van der Waals surface area contributed by atoms with Crippen LogP contribution in [0.1, 0.15) is 11.1 Å². The number of benzene rings is 2. The first kappa shape index (κ1) is 14.0. The third-order valence-electron chi connectivity index (χ3n) is 2.60. The van der Waals surface area contributed by atoms with E-state index < -0.39 is 4.92 Å². The average molecular weight is 333 g/mol. The zero-order valence-corrected chi connectivity index (χ0v) is 12.0. The van der Waals surface area contributed by atoms with Crippen molar-refractivity contribution in [2.24, 2.45) is 0 Å². The van der Waals surface area contributed by atoms with Gasteiger partial charge in [-0.25, -0.2) is 0 Å². The number of nitro groups is 1. The van der Waals surface area contributed by atoms with E-state index >= 15 is 0 Å². The molecule has 0 aliphatic rings. The van der Waals surface area contributed by atoms with E-state index in [1.807, 2.05) is 13.0 Å². The zero-order valence-electron chi connectivity index (χ0n) is 10.5. The molecule has 0 unspecified atom stereocenters. The number of halogens is 1. The van der Waals surface area contributed by atoms with Gasteiger partial charge in [0.15, 0.2) is 0 Å². The van der Waals surface area contributed by atoms with Gasteiger partial charge in [-0.3, -0.25) is 10.1 Å². The second kappa shape index (κ2) is 5.72. The Hall–Kier alpha value is -2.39. The highest BCUT2D eigenvalue weighted by molar-refractivity contribution is 9.10. The summed E-state index contributed by atoms with van der Waals surface area (Å²) in [5.74, 6) is 0.389. The number of nitrogens with zero attached hydrogens (tertiary/aromatic N) is 2. The molecular formula is C14H9BrN2O3. The molecule has 2 aromatic carbocycles. The summed E-state index contributed by atoms with van der Waals surface area (Å²) in [6.07, 6.45) is 0. The number of nitro benzene ring substituents is 1. The van der Waals surface area contributed by atoms with Gasteiger partial charge in [-0.05, 0) is 36.8 Å². The van der Waals surface area contributed by atoms with Crippen molar-refractivity contribution in [1.82, 2.24) is 0 Å². The number of aryl methyl sites for hydroxylation is 1. The van der Waals surface area contributed by atoms with Crippen molar-refractivity contribution in [1.29, 1.82) is 5.26 Å². The minimum Gasteiger partial charge on any atom is -0.449 e. The lowest BCUT2D eigenvalue weighted by molar-refractivity contribution is -0.385. The molecule has 0 saturated carbocycles. The highest BCUT2D eigenvalue weighted by atomic mass is 79.9. The summed E-state index contributed by atoms with van der Waals surface area (Å²) in [5.41, 5.74) is 1.00. The Morgan fingerprint density at radius 2 is 2.00 bits per heavy atom. The minimum atomic E-state index is -0.515. The molecule has 0 bridgehead atoms. The Morgan fingerprint density at radius 3 is 2.65 bits per heavy atom. The van der Waals surface area contributed by atoms with E-state index in [1.54, 1.807) is 30.3 Å². The van der Waals surface area contributed by atoms with Crippen molar-refractivity contribution in [3.8, 4) is 17.6 Å². The summed E-state index contributed by atoms with van der Waals surface area (Å²) >= 11 is 3.28. The normalized spacial score (nSPS) is 9.85. The summed E-state index contributed by atoms with van der Waals surface area (Å²) in [4.78, 5) is 10.5. The monoisotopic (exact) mass is 332 g/mol. The molecule has 2 rings (SSSR count). The largest absolute Gasteiger partial charge is 0.449 e. The van der Waals surface area contributed by atoms with Crippen molar-refractivity contribution in [3.63, 3.8) is 0 Å². The lowest BCUT2D eigenvalue weighted by atomic mass is 10.2. The Kier molecular flexibility index (Phi) is 4.01. The lowest BCUT2D eigenvalue weighted by Crippen LogP contribution is -1.95. The van der Waals surface area contributed by atoms with E-state index in [1.165, 1.54) is 6.07 Å². The second-order valence-electron chi connectivity index (χ2n) is 4.08. The van der Waals surface area contributed by atoms with Gasteiger partial charge in [0.25, 0.3) is 0 Å². The fraction of sp³-hybridized carbons (Fsp3) is 0.0714. The number of hydrogen-bond donors (Lipinski definition) is 0. The van der Waals surface area contributed by atoms with Crippen LogP contribution in [0.3, 0.4) is 0 Å². The molecule has 0 fully saturated rings. The van der Waals surface area contributed by atoms with Crippen molar-refractivity contribution < 1.29 is 9.66 Å². The summed E-state index contributed by atoms with van der Waals surface area (Å²) in [6.45, 7) is 1.81. The molecule has 0 saturated heterocycles. The fourth-order valence-corrected chi connectivity index (χ4v) is 1.99. The van der Waals surface area contributed by atoms with Gasteiger partial charge in [-0.15, -0.1) is 0 Å².